The molecule has 1 amide bonds. The van der Waals surface area contributed by atoms with Gasteiger partial charge in [-0.2, -0.15) is 0 Å². The van der Waals surface area contributed by atoms with Gasteiger partial charge in [-0.3, -0.25) is 9.59 Å². The second-order valence-electron chi connectivity index (χ2n) is 4.87. The lowest BCUT2D eigenvalue weighted by atomic mass is 9.77. The molecule has 2 atom stereocenters. The molecule has 106 valence electrons. The van der Waals surface area contributed by atoms with Crippen LogP contribution in [0.25, 0.3) is 0 Å². The van der Waals surface area contributed by atoms with Gasteiger partial charge in [0.25, 0.3) is 0 Å². The predicted molar refractivity (Wildman–Crippen MR) is 74.2 cm³/mol. The summed E-state index contributed by atoms with van der Waals surface area (Å²) in [6.07, 6.45) is 10.9. The molecule has 4 heteroatoms. The van der Waals surface area contributed by atoms with E-state index in [0.717, 1.165) is 25.7 Å². The van der Waals surface area contributed by atoms with E-state index in [1.165, 1.54) is 13.3 Å². The fourth-order valence-electron chi connectivity index (χ4n) is 2.52. The smallest absolute Gasteiger partial charge is 0.304 e. The van der Waals surface area contributed by atoms with Gasteiger partial charge >= 0.3 is 5.97 Å². The molecule has 1 aliphatic rings. The van der Waals surface area contributed by atoms with Crippen molar-refractivity contribution < 1.29 is 14.3 Å². The first-order valence-corrected chi connectivity index (χ1v) is 6.83. The second kappa shape index (κ2) is 8.51. The van der Waals surface area contributed by atoms with Gasteiger partial charge in [-0.1, -0.05) is 37.6 Å². The maximum absolute atomic E-state index is 12.1. The lowest BCUT2D eigenvalue weighted by Crippen LogP contribution is -2.38. The zero-order valence-electron chi connectivity index (χ0n) is 11.6. The number of rotatable bonds is 6. The molecule has 19 heavy (non-hydrogen) atoms. The Balaban J connectivity index is 2.45. The van der Waals surface area contributed by atoms with Crippen LogP contribution in [0.3, 0.4) is 0 Å². The maximum atomic E-state index is 12.1. The van der Waals surface area contributed by atoms with E-state index in [1.54, 1.807) is 6.08 Å². The molecule has 2 unspecified atom stereocenters. The van der Waals surface area contributed by atoms with Crippen LogP contribution in [0.15, 0.2) is 24.8 Å². The average molecular weight is 265 g/mol. The van der Waals surface area contributed by atoms with Gasteiger partial charge in [0.1, 0.15) is 0 Å². The fourth-order valence-corrected chi connectivity index (χ4v) is 2.52. The SMILES string of the molecule is C=C/C=C/CC1CCCCC1C(=O)NCOC(C)=O. The molecule has 0 bridgehead atoms. The minimum Gasteiger partial charge on any atom is -0.445 e. The fraction of sp³-hybridized carbons (Fsp3) is 0.600. The average Bonchev–Trinajstić information content (AvgIpc) is 2.39. The first-order chi connectivity index (χ1) is 9.15. The zero-order chi connectivity index (χ0) is 14.1. The first kappa shape index (κ1) is 15.5. The van der Waals surface area contributed by atoms with Crippen LogP contribution >= 0.6 is 0 Å². The van der Waals surface area contributed by atoms with E-state index >= 15 is 0 Å². The molecule has 0 aromatic rings. The lowest BCUT2D eigenvalue weighted by molar-refractivity contribution is -0.143. The topological polar surface area (TPSA) is 55.4 Å². The summed E-state index contributed by atoms with van der Waals surface area (Å²) < 4.78 is 4.74. The van der Waals surface area contributed by atoms with Crippen LogP contribution < -0.4 is 5.32 Å². The Kier molecular flexibility index (Phi) is 6.93. The first-order valence-electron chi connectivity index (χ1n) is 6.83. The molecule has 1 saturated carbocycles. The molecule has 1 aliphatic carbocycles. The molecule has 0 aliphatic heterocycles. The van der Waals surface area contributed by atoms with Crippen LogP contribution in [-0.4, -0.2) is 18.6 Å². The van der Waals surface area contributed by atoms with Crippen molar-refractivity contribution in [3.05, 3.63) is 24.8 Å². The van der Waals surface area contributed by atoms with E-state index in [9.17, 15) is 9.59 Å². The van der Waals surface area contributed by atoms with E-state index < -0.39 is 0 Å². The molecule has 0 saturated heterocycles. The molecule has 0 aromatic heterocycles. The van der Waals surface area contributed by atoms with Crippen molar-refractivity contribution in [3.8, 4) is 0 Å². The van der Waals surface area contributed by atoms with Crippen LogP contribution in [0.4, 0.5) is 0 Å². The second-order valence-corrected chi connectivity index (χ2v) is 4.87. The Labute approximate surface area is 114 Å². The van der Waals surface area contributed by atoms with Crippen molar-refractivity contribution in [3.63, 3.8) is 0 Å². The van der Waals surface area contributed by atoms with E-state index in [1.807, 2.05) is 6.08 Å². The van der Waals surface area contributed by atoms with E-state index in [0.29, 0.717) is 5.92 Å². The Morgan fingerprint density at radius 1 is 1.37 bits per heavy atom. The molecular weight excluding hydrogens is 242 g/mol. The summed E-state index contributed by atoms with van der Waals surface area (Å²) in [5, 5.41) is 2.68. The van der Waals surface area contributed by atoms with Crippen LogP contribution in [0.1, 0.15) is 39.0 Å². The highest BCUT2D eigenvalue weighted by molar-refractivity contribution is 5.79. The summed E-state index contributed by atoms with van der Waals surface area (Å²) in [6.45, 7) is 4.94. The van der Waals surface area contributed by atoms with Crippen molar-refractivity contribution in [2.75, 3.05) is 6.73 Å². The summed E-state index contributed by atoms with van der Waals surface area (Å²) in [4.78, 5) is 22.7. The molecule has 4 nitrogen and oxygen atoms in total. The third-order valence-corrected chi connectivity index (χ3v) is 3.48. The number of allylic oxidation sites excluding steroid dienone is 3. The Hall–Kier alpha value is -1.58. The maximum Gasteiger partial charge on any atom is 0.304 e. The molecular formula is C15H23NO3. The quantitative estimate of drug-likeness (QED) is 0.456. The van der Waals surface area contributed by atoms with Gasteiger partial charge in [-0.25, -0.2) is 0 Å². The number of amides is 1. The Morgan fingerprint density at radius 2 is 2.11 bits per heavy atom. The summed E-state index contributed by atoms with van der Waals surface area (Å²) in [6, 6.07) is 0. The minimum atomic E-state index is -0.380. The largest absolute Gasteiger partial charge is 0.445 e. The van der Waals surface area contributed by atoms with Crippen LogP contribution in [-0.2, 0) is 14.3 Å². The monoisotopic (exact) mass is 265 g/mol. The Morgan fingerprint density at radius 3 is 2.79 bits per heavy atom. The number of hydrogen-bond acceptors (Lipinski definition) is 3. The molecule has 0 radical (unpaired) electrons. The van der Waals surface area contributed by atoms with Crippen molar-refractivity contribution in [2.24, 2.45) is 11.8 Å². The van der Waals surface area contributed by atoms with Crippen LogP contribution in [0, 0.1) is 11.8 Å². The predicted octanol–water partition coefficient (Wildman–Crippen LogP) is 2.56. The van der Waals surface area contributed by atoms with E-state index in [-0.39, 0.29) is 24.5 Å². The third kappa shape index (κ3) is 5.73. The van der Waals surface area contributed by atoms with Gasteiger partial charge in [0, 0.05) is 12.8 Å². The van der Waals surface area contributed by atoms with Crippen molar-refractivity contribution in [1.29, 1.82) is 0 Å². The highest BCUT2D eigenvalue weighted by atomic mass is 16.5. The molecule has 0 heterocycles. The highest BCUT2D eigenvalue weighted by Crippen LogP contribution is 2.32. The highest BCUT2D eigenvalue weighted by Gasteiger charge is 2.29. The Bertz CT molecular complexity index is 349. The number of carbonyl (C=O) groups excluding carboxylic acids is 2. The molecule has 0 aromatic carbocycles. The number of carbonyl (C=O) groups is 2. The van der Waals surface area contributed by atoms with Crippen molar-refractivity contribution >= 4 is 11.9 Å². The van der Waals surface area contributed by atoms with Crippen LogP contribution in [0.2, 0.25) is 0 Å². The van der Waals surface area contributed by atoms with Gasteiger partial charge in [0.05, 0.1) is 0 Å². The summed E-state index contributed by atoms with van der Waals surface area (Å²) in [5.74, 6) is 0.0217. The third-order valence-electron chi connectivity index (χ3n) is 3.48. The molecule has 1 fully saturated rings. The van der Waals surface area contributed by atoms with Crippen molar-refractivity contribution in [1.82, 2.24) is 5.32 Å². The van der Waals surface area contributed by atoms with E-state index in [4.69, 9.17) is 4.74 Å². The zero-order valence-corrected chi connectivity index (χ0v) is 11.6. The number of ether oxygens (including phenoxy) is 1. The van der Waals surface area contributed by atoms with Gasteiger partial charge in [-0.05, 0) is 25.2 Å². The number of hydrogen-bond donors (Lipinski definition) is 1. The van der Waals surface area contributed by atoms with Gasteiger partial charge < -0.3 is 10.1 Å². The normalized spacial score (nSPS) is 23.0. The summed E-state index contributed by atoms with van der Waals surface area (Å²) >= 11 is 0. The molecule has 1 N–H and O–H groups in total. The number of esters is 1. The minimum absolute atomic E-state index is 0.00190. The summed E-state index contributed by atoms with van der Waals surface area (Å²) in [7, 11) is 0. The van der Waals surface area contributed by atoms with Gasteiger partial charge in [-0.15, -0.1) is 0 Å². The lowest BCUT2D eigenvalue weighted by Gasteiger charge is -2.29. The van der Waals surface area contributed by atoms with Gasteiger partial charge in [0.15, 0.2) is 6.73 Å². The van der Waals surface area contributed by atoms with Crippen molar-refractivity contribution in [2.45, 2.75) is 39.0 Å². The summed E-state index contributed by atoms with van der Waals surface area (Å²) in [5.41, 5.74) is 0. The molecule has 1 rings (SSSR count). The number of nitrogens with one attached hydrogen (secondary N) is 1. The van der Waals surface area contributed by atoms with Gasteiger partial charge in [0.2, 0.25) is 5.91 Å². The van der Waals surface area contributed by atoms with E-state index in [2.05, 4.69) is 18.0 Å². The molecule has 0 spiro atoms. The van der Waals surface area contributed by atoms with Crippen LogP contribution in [0.5, 0.6) is 0 Å². The standard InChI is InChI=1S/C15H23NO3/c1-3-4-5-8-13-9-6-7-10-14(13)15(18)16-11-19-12(2)17/h3-5,13-14H,1,6-11H2,2H3,(H,16,18)/b5-4+.